The van der Waals surface area contributed by atoms with Crippen LogP contribution in [-0.4, -0.2) is 23.2 Å². The Morgan fingerprint density at radius 2 is 2.12 bits per heavy atom. The molecule has 3 aromatic rings. The molecular formula is C18H15FN2O3S. The minimum atomic E-state index is -0.790. The number of amides is 1. The van der Waals surface area contributed by atoms with E-state index in [2.05, 4.69) is 4.99 Å². The predicted molar refractivity (Wildman–Crippen MR) is 92.4 cm³/mol. The number of hydrogen-bond donors (Lipinski definition) is 0. The van der Waals surface area contributed by atoms with Crippen molar-refractivity contribution >= 4 is 27.5 Å². The molecule has 0 saturated heterocycles. The molecule has 0 fully saturated rings. The van der Waals surface area contributed by atoms with Crippen LogP contribution in [0.1, 0.15) is 6.92 Å². The molecule has 4 rings (SSSR count). The number of thiazole rings is 1. The van der Waals surface area contributed by atoms with Crippen LogP contribution in [0.4, 0.5) is 4.39 Å². The van der Waals surface area contributed by atoms with E-state index in [0.717, 1.165) is 10.2 Å². The highest BCUT2D eigenvalue weighted by Gasteiger charge is 2.27. The normalized spacial score (nSPS) is 17.0. The van der Waals surface area contributed by atoms with E-state index in [0.29, 0.717) is 22.8 Å². The molecule has 2 aromatic carbocycles. The van der Waals surface area contributed by atoms with E-state index in [1.807, 2.05) is 23.6 Å². The van der Waals surface area contributed by atoms with E-state index in [1.165, 1.54) is 23.5 Å². The van der Waals surface area contributed by atoms with E-state index in [9.17, 15) is 9.18 Å². The maximum Gasteiger partial charge on any atom is 0.292 e. The van der Waals surface area contributed by atoms with E-state index < -0.39 is 12.0 Å². The molecule has 7 heteroatoms. The molecule has 0 bridgehead atoms. The number of ether oxygens (including phenoxy) is 2. The minimum Gasteiger partial charge on any atom is -0.485 e. The fraction of sp³-hybridized carbons (Fsp3) is 0.222. The first-order valence-corrected chi connectivity index (χ1v) is 8.73. The lowest BCUT2D eigenvalue weighted by Crippen LogP contribution is -2.36. The lowest BCUT2D eigenvalue weighted by molar-refractivity contribution is -0.127. The van der Waals surface area contributed by atoms with E-state index in [4.69, 9.17) is 9.47 Å². The summed E-state index contributed by atoms with van der Waals surface area (Å²) in [5, 5.41) is 0. The monoisotopic (exact) mass is 358 g/mol. The Hall–Kier alpha value is -2.67. The zero-order valence-electron chi connectivity index (χ0n) is 13.4. The van der Waals surface area contributed by atoms with Crippen LogP contribution in [0.15, 0.2) is 47.5 Å². The van der Waals surface area contributed by atoms with Crippen LogP contribution in [0.25, 0.3) is 10.2 Å². The second-order valence-corrected chi connectivity index (χ2v) is 6.56. The molecule has 128 valence electrons. The molecule has 5 nitrogen and oxygen atoms in total. The van der Waals surface area contributed by atoms with Crippen LogP contribution in [-0.2, 0) is 11.3 Å². The van der Waals surface area contributed by atoms with Crippen molar-refractivity contribution in [1.29, 1.82) is 0 Å². The van der Waals surface area contributed by atoms with Crippen molar-refractivity contribution in [3.8, 4) is 11.5 Å². The fourth-order valence-corrected chi connectivity index (χ4v) is 3.87. The molecule has 1 aromatic heterocycles. The summed E-state index contributed by atoms with van der Waals surface area (Å²) in [5.74, 6) is 0.427. The summed E-state index contributed by atoms with van der Waals surface area (Å²) in [6.07, 6.45) is -0.790. The van der Waals surface area contributed by atoms with Crippen LogP contribution in [0.2, 0.25) is 0 Å². The summed E-state index contributed by atoms with van der Waals surface area (Å²) in [7, 11) is 0. The van der Waals surface area contributed by atoms with Crippen molar-refractivity contribution in [2.24, 2.45) is 4.99 Å². The van der Waals surface area contributed by atoms with E-state index in [1.54, 1.807) is 18.2 Å². The Balaban J connectivity index is 1.69. The van der Waals surface area contributed by atoms with Crippen LogP contribution in [0, 0.1) is 5.82 Å². The highest BCUT2D eigenvalue weighted by molar-refractivity contribution is 7.16. The summed E-state index contributed by atoms with van der Waals surface area (Å²) >= 11 is 1.28. The van der Waals surface area contributed by atoms with Gasteiger partial charge in [-0.1, -0.05) is 23.5 Å². The number of nitrogens with zero attached hydrogens (tertiary/aromatic N) is 2. The minimum absolute atomic E-state index is 0.116. The average Bonchev–Trinajstić information content (AvgIpc) is 2.97. The highest BCUT2D eigenvalue weighted by atomic mass is 32.1. The molecule has 1 atom stereocenters. The molecule has 0 radical (unpaired) electrons. The third-order valence-electron chi connectivity index (χ3n) is 3.95. The van der Waals surface area contributed by atoms with Crippen LogP contribution >= 0.6 is 11.3 Å². The SMILES string of the molecule is CCn1c(=NC(=O)[C@H]2COc3ccccc3O2)sc2cc(F)ccc21. The van der Waals surface area contributed by atoms with Gasteiger partial charge in [-0.25, -0.2) is 4.39 Å². The number of halogens is 1. The second-order valence-electron chi connectivity index (χ2n) is 5.56. The topological polar surface area (TPSA) is 52.8 Å². The molecule has 2 heterocycles. The van der Waals surface area contributed by atoms with Crippen LogP contribution < -0.4 is 14.3 Å². The van der Waals surface area contributed by atoms with Gasteiger partial charge in [0, 0.05) is 6.54 Å². The Kier molecular flexibility index (Phi) is 4.01. The number of hydrogen-bond acceptors (Lipinski definition) is 4. The van der Waals surface area contributed by atoms with E-state index in [-0.39, 0.29) is 12.4 Å². The molecule has 0 spiro atoms. The molecule has 1 amide bonds. The van der Waals surface area contributed by atoms with Crippen LogP contribution in [0.5, 0.6) is 11.5 Å². The van der Waals surface area contributed by atoms with E-state index >= 15 is 0 Å². The van der Waals surface area contributed by atoms with Gasteiger partial charge in [0.25, 0.3) is 5.91 Å². The Labute approximate surface area is 147 Å². The number of carbonyl (C=O) groups is 1. The standard InChI is InChI=1S/C18H15FN2O3S/c1-2-21-12-8-7-11(19)9-16(12)25-18(21)20-17(22)15-10-23-13-5-3-4-6-14(13)24-15/h3-9,15H,2,10H2,1H3/t15-/m1/s1. The lowest BCUT2D eigenvalue weighted by atomic mass is 10.2. The second kappa shape index (κ2) is 6.33. The molecule has 0 unspecified atom stereocenters. The summed E-state index contributed by atoms with van der Waals surface area (Å²) in [6.45, 7) is 2.70. The third kappa shape index (κ3) is 2.91. The molecule has 1 aliphatic heterocycles. The maximum absolute atomic E-state index is 13.4. The first-order valence-electron chi connectivity index (χ1n) is 7.91. The van der Waals surface area contributed by atoms with Gasteiger partial charge in [-0.3, -0.25) is 4.79 Å². The molecule has 0 saturated carbocycles. The number of benzene rings is 2. The van der Waals surface area contributed by atoms with Crippen molar-refractivity contribution in [1.82, 2.24) is 4.57 Å². The zero-order valence-corrected chi connectivity index (χ0v) is 14.3. The Morgan fingerprint density at radius 3 is 2.92 bits per heavy atom. The highest BCUT2D eigenvalue weighted by Crippen LogP contribution is 2.31. The van der Waals surface area contributed by atoms with Gasteiger partial charge in [-0.2, -0.15) is 4.99 Å². The Bertz CT molecular complexity index is 1020. The molecule has 25 heavy (non-hydrogen) atoms. The van der Waals surface area contributed by atoms with Gasteiger partial charge in [0.2, 0.25) is 6.10 Å². The largest absolute Gasteiger partial charge is 0.485 e. The zero-order chi connectivity index (χ0) is 17.4. The molecular weight excluding hydrogens is 343 g/mol. The van der Waals surface area contributed by atoms with Gasteiger partial charge in [-0.05, 0) is 37.3 Å². The van der Waals surface area contributed by atoms with Crippen molar-refractivity contribution in [2.75, 3.05) is 6.61 Å². The first-order chi connectivity index (χ1) is 12.2. The Morgan fingerprint density at radius 1 is 1.32 bits per heavy atom. The maximum atomic E-state index is 13.4. The van der Waals surface area contributed by atoms with Crippen LogP contribution in [0.3, 0.4) is 0 Å². The van der Waals surface area contributed by atoms with Gasteiger partial charge < -0.3 is 14.0 Å². The van der Waals surface area contributed by atoms with Gasteiger partial charge in [0.05, 0.1) is 10.2 Å². The summed E-state index contributed by atoms with van der Waals surface area (Å²) in [5.41, 5.74) is 0.853. The first kappa shape index (κ1) is 15.8. The van der Waals surface area contributed by atoms with Crippen molar-refractivity contribution in [2.45, 2.75) is 19.6 Å². The summed E-state index contributed by atoms with van der Waals surface area (Å²) in [4.78, 5) is 17.3. The van der Waals surface area contributed by atoms with Gasteiger partial charge >= 0.3 is 0 Å². The third-order valence-corrected chi connectivity index (χ3v) is 4.99. The van der Waals surface area contributed by atoms with Crippen molar-refractivity contribution in [3.63, 3.8) is 0 Å². The smallest absolute Gasteiger partial charge is 0.292 e. The number of carbonyl (C=O) groups excluding carboxylic acids is 1. The molecule has 1 aliphatic rings. The lowest BCUT2D eigenvalue weighted by Gasteiger charge is -2.23. The van der Waals surface area contributed by atoms with Gasteiger partial charge in [-0.15, -0.1) is 0 Å². The van der Waals surface area contributed by atoms with Crippen molar-refractivity contribution in [3.05, 3.63) is 53.1 Å². The number of fused-ring (bicyclic) bond motifs is 2. The van der Waals surface area contributed by atoms with Gasteiger partial charge in [0.1, 0.15) is 12.4 Å². The number of aromatic nitrogens is 1. The number of rotatable bonds is 2. The number of aryl methyl sites for hydroxylation is 1. The van der Waals surface area contributed by atoms with Gasteiger partial charge in [0.15, 0.2) is 16.3 Å². The fourth-order valence-electron chi connectivity index (χ4n) is 2.75. The predicted octanol–water partition coefficient (Wildman–Crippen LogP) is 3.13. The average molecular weight is 358 g/mol. The summed E-state index contributed by atoms with van der Waals surface area (Å²) < 4.78 is 27.3. The summed E-state index contributed by atoms with van der Waals surface area (Å²) in [6, 6.07) is 11.8. The quantitative estimate of drug-likeness (QED) is 0.707. The molecule has 0 aliphatic carbocycles. The molecule has 0 N–H and O–H groups in total. The number of para-hydroxylation sites is 2. The van der Waals surface area contributed by atoms with Crippen molar-refractivity contribution < 1.29 is 18.7 Å².